The molecule has 0 aromatic carbocycles. The van der Waals surface area contributed by atoms with Crippen LogP contribution in [0.3, 0.4) is 0 Å². The maximum atomic E-state index is 11.0. The fourth-order valence-electron chi connectivity index (χ4n) is 8.75. The fraction of sp³-hybridized carbons (Fsp3) is 0.808. The minimum Gasteiger partial charge on any atom is -0.387 e. The first-order valence-electron chi connectivity index (χ1n) is 12.3. The number of hydrogen-bond acceptors (Lipinski definition) is 3. The molecule has 0 saturated heterocycles. The van der Waals surface area contributed by atoms with Crippen LogP contribution in [0.25, 0.3) is 0 Å². The molecule has 4 aliphatic carbocycles. The maximum absolute atomic E-state index is 11.0. The molecule has 30 heavy (non-hydrogen) atoms. The lowest BCUT2D eigenvalue weighted by atomic mass is 9.48. The van der Waals surface area contributed by atoms with Gasteiger partial charge in [-0.3, -0.25) is 4.68 Å². The number of fused-ring (bicyclic) bond motifs is 5. The molecule has 8 atom stereocenters. The maximum Gasteiger partial charge on any atom is 0.0882 e. The minimum atomic E-state index is -0.575. The van der Waals surface area contributed by atoms with Crippen molar-refractivity contribution < 1.29 is 9.84 Å². The molecule has 166 valence electrons. The Morgan fingerprint density at radius 3 is 2.73 bits per heavy atom. The standard InChI is InChI=1S/C26H40N2O2/c1-18(16-28-14-4-13-27-28)23-7-8-24-22-6-5-19-15-26(29,17-30-3)12-10-20(19)21(22)9-11-25(23,24)2/h4,13-14,19-24,29H,1,5-12,15-17H2,2-3H3/t19-,20+,21-,22-,23-,24+,25-,26-/m1/s1. The number of nitrogens with zero attached hydrogens (tertiary/aromatic N) is 2. The van der Waals surface area contributed by atoms with E-state index >= 15 is 0 Å². The van der Waals surface area contributed by atoms with Crippen molar-refractivity contribution in [1.82, 2.24) is 9.78 Å². The third kappa shape index (κ3) is 3.39. The van der Waals surface area contributed by atoms with Gasteiger partial charge in [-0.1, -0.05) is 19.1 Å². The van der Waals surface area contributed by atoms with Crippen molar-refractivity contribution in [2.75, 3.05) is 13.7 Å². The Morgan fingerprint density at radius 2 is 1.97 bits per heavy atom. The quantitative estimate of drug-likeness (QED) is 0.686. The van der Waals surface area contributed by atoms with E-state index in [2.05, 4.69) is 24.8 Å². The SMILES string of the molecule is C=C(Cn1cccn1)[C@H]1CC[C@H]2[C@@H]3CC[C@@H]4C[C@@](O)(COC)CC[C@@H]4[C@H]3CC[C@]12C. The van der Waals surface area contributed by atoms with Crippen molar-refractivity contribution >= 4 is 0 Å². The Hall–Kier alpha value is -1.13. The summed E-state index contributed by atoms with van der Waals surface area (Å²) >= 11 is 0. The smallest absolute Gasteiger partial charge is 0.0882 e. The van der Waals surface area contributed by atoms with Crippen LogP contribution in [0, 0.1) is 40.9 Å². The summed E-state index contributed by atoms with van der Waals surface area (Å²) in [6.07, 6.45) is 15.1. The lowest BCUT2D eigenvalue weighted by Crippen LogP contribution is -2.52. The molecule has 4 aliphatic rings. The van der Waals surface area contributed by atoms with E-state index in [4.69, 9.17) is 4.74 Å². The molecule has 5 rings (SSSR count). The topological polar surface area (TPSA) is 47.3 Å². The summed E-state index contributed by atoms with van der Waals surface area (Å²) in [6, 6.07) is 2.01. The first-order valence-corrected chi connectivity index (χ1v) is 12.3. The van der Waals surface area contributed by atoms with Crippen LogP contribution in [0.2, 0.25) is 0 Å². The molecule has 0 radical (unpaired) electrons. The zero-order valence-corrected chi connectivity index (χ0v) is 18.9. The van der Waals surface area contributed by atoms with E-state index in [9.17, 15) is 5.11 Å². The Balaban J connectivity index is 1.29. The summed E-state index contributed by atoms with van der Waals surface area (Å²) in [5.74, 6) is 4.81. The van der Waals surface area contributed by atoms with Crippen LogP contribution >= 0.6 is 0 Å². The van der Waals surface area contributed by atoms with Crippen molar-refractivity contribution in [2.24, 2.45) is 40.9 Å². The van der Waals surface area contributed by atoms with Gasteiger partial charge in [-0.25, -0.2) is 0 Å². The second kappa shape index (κ2) is 7.78. The Morgan fingerprint density at radius 1 is 1.13 bits per heavy atom. The molecule has 1 heterocycles. The summed E-state index contributed by atoms with van der Waals surface area (Å²) < 4.78 is 7.39. The average Bonchev–Trinajstić information content (AvgIpc) is 3.34. The summed E-state index contributed by atoms with van der Waals surface area (Å²) in [5.41, 5.74) is 1.23. The molecule has 4 heteroatoms. The van der Waals surface area contributed by atoms with E-state index in [1.807, 2.05) is 16.9 Å². The predicted molar refractivity (Wildman–Crippen MR) is 119 cm³/mol. The first kappa shape index (κ1) is 20.8. The molecule has 0 spiro atoms. The van der Waals surface area contributed by atoms with Crippen LogP contribution in [-0.2, 0) is 11.3 Å². The van der Waals surface area contributed by atoms with Crippen molar-refractivity contribution in [3.05, 3.63) is 30.6 Å². The van der Waals surface area contributed by atoms with Crippen molar-refractivity contribution in [3.63, 3.8) is 0 Å². The van der Waals surface area contributed by atoms with Gasteiger partial charge in [-0.15, -0.1) is 0 Å². The summed E-state index contributed by atoms with van der Waals surface area (Å²) in [7, 11) is 1.72. The van der Waals surface area contributed by atoms with Crippen LogP contribution in [-0.4, -0.2) is 34.2 Å². The lowest BCUT2D eigenvalue weighted by molar-refractivity contribution is -0.123. The van der Waals surface area contributed by atoms with E-state index < -0.39 is 5.60 Å². The number of ether oxygens (including phenoxy) is 1. The zero-order valence-electron chi connectivity index (χ0n) is 18.9. The number of aliphatic hydroxyl groups is 1. The van der Waals surface area contributed by atoms with Crippen molar-refractivity contribution in [1.29, 1.82) is 0 Å². The highest BCUT2D eigenvalue weighted by molar-refractivity contribution is 5.15. The molecule has 4 nitrogen and oxygen atoms in total. The Kier molecular flexibility index (Phi) is 5.38. The van der Waals surface area contributed by atoms with E-state index in [-0.39, 0.29) is 0 Å². The highest BCUT2D eigenvalue weighted by Crippen LogP contribution is 2.65. The van der Waals surface area contributed by atoms with E-state index in [1.165, 1.54) is 50.5 Å². The second-order valence-electron chi connectivity index (χ2n) is 11.4. The van der Waals surface area contributed by atoms with Crippen LogP contribution in [0.15, 0.2) is 30.6 Å². The Labute approximate surface area is 182 Å². The molecular weight excluding hydrogens is 372 g/mol. The van der Waals surface area contributed by atoms with Gasteiger partial charge >= 0.3 is 0 Å². The average molecular weight is 413 g/mol. The first-order chi connectivity index (χ1) is 14.4. The largest absolute Gasteiger partial charge is 0.387 e. The fourth-order valence-corrected chi connectivity index (χ4v) is 8.75. The van der Waals surface area contributed by atoms with Gasteiger partial charge in [0.25, 0.3) is 0 Å². The van der Waals surface area contributed by atoms with Crippen LogP contribution in [0.1, 0.15) is 64.7 Å². The summed E-state index contributed by atoms with van der Waals surface area (Å²) in [4.78, 5) is 0. The zero-order chi connectivity index (χ0) is 20.9. The van der Waals surface area contributed by atoms with Gasteiger partial charge in [0.1, 0.15) is 0 Å². The molecular formula is C26H40N2O2. The van der Waals surface area contributed by atoms with E-state index in [0.717, 1.165) is 43.1 Å². The van der Waals surface area contributed by atoms with E-state index in [0.29, 0.717) is 23.9 Å². The highest BCUT2D eigenvalue weighted by atomic mass is 16.5. The van der Waals surface area contributed by atoms with Crippen LogP contribution < -0.4 is 0 Å². The number of allylic oxidation sites excluding steroid dienone is 1. The third-order valence-corrected chi connectivity index (χ3v) is 9.93. The predicted octanol–water partition coefficient (Wildman–Crippen LogP) is 5.09. The second-order valence-corrected chi connectivity index (χ2v) is 11.4. The molecule has 0 amide bonds. The molecule has 4 saturated carbocycles. The minimum absolute atomic E-state index is 0.420. The molecule has 0 aliphatic heterocycles. The van der Waals surface area contributed by atoms with Gasteiger partial charge in [0, 0.05) is 19.5 Å². The van der Waals surface area contributed by atoms with E-state index in [1.54, 1.807) is 7.11 Å². The van der Waals surface area contributed by atoms with Gasteiger partial charge in [0.05, 0.1) is 18.8 Å². The highest BCUT2D eigenvalue weighted by Gasteiger charge is 2.58. The molecule has 1 aromatic rings. The third-order valence-electron chi connectivity index (χ3n) is 9.93. The van der Waals surface area contributed by atoms with Gasteiger partial charge in [-0.2, -0.15) is 5.10 Å². The lowest BCUT2D eigenvalue weighted by Gasteiger charge is -2.57. The number of methoxy groups -OCH3 is 1. The van der Waals surface area contributed by atoms with Crippen molar-refractivity contribution in [3.8, 4) is 0 Å². The molecule has 0 unspecified atom stereocenters. The monoisotopic (exact) mass is 412 g/mol. The normalized spacial score (nSPS) is 45.4. The van der Waals surface area contributed by atoms with Gasteiger partial charge < -0.3 is 9.84 Å². The molecule has 4 fully saturated rings. The van der Waals surface area contributed by atoms with Crippen LogP contribution in [0.5, 0.6) is 0 Å². The summed E-state index contributed by atoms with van der Waals surface area (Å²) in [5, 5.41) is 15.4. The van der Waals surface area contributed by atoms with Gasteiger partial charge in [0.15, 0.2) is 0 Å². The number of aromatic nitrogens is 2. The van der Waals surface area contributed by atoms with Gasteiger partial charge in [0.2, 0.25) is 0 Å². The number of rotatable bonds is 5. The van der Waals surface area contributed by atoms with Crippen LogP contribution in [0.4, 0.5) is 0 Å². The summed E-state index contributed by atoms with van der Waals surface area (Å²) in [6.45, 7) is 8.51. The number of hydrogen-bond donors (Lipinski definition) is 1. The Bertz CT molecular complexity index is 761. The van der Waals surface area contributed by atoms with Gasteiger partial charge in [-0.05, 0) is 105 Å². The molecule has 1 aromatic heterocycles. The molecule has 0 bridgehead atoms. The molecule has 1 N–H and O–H groups in total. The van der Waals surface area contributed by atoms with Crippen molar-refractivity contribution in [2.45, 2.75) is 76.9 Å².